The molecule has 0 spiro atoms. The van der Waals surface area contributed by atoms with E-state index in [1.807, 2.05) is 0 Å². The lowest BCUT2D eigenvalue weighted by atomic mass is 10.2. The number of amides is 2. The maximum absolute atomic E-state index is 12.9. The van der Waals surface area contributed by atoms with Crippen LogP contribution in [0.15, 0.2) is 66.7 Å². The standard InChI is InChI=1S/C27H25F3N2O7/c1-3-37-21-10-5-4-9-20(21)32-25(34)16-39-26(35)17-11-12-22(23(13-17)36-2)38-15-24(33)31-19-8-6-7-18(14-19)27(28,29)30/h4-14H,3,15-16H2,1-2H3,(H,31,33)(H,32,34). The van der Waals surface area contributed by atoms with Crippen LogP contribution >= 0.6 is 0 Å². The Balaban J connectivity index is 1.55. The van der Waals surface area contributed by atoms with Crippen molar-refractivity contribution in [2.75, 3.05) is 37.6 Å². The van der Waals surface area contributed by atoms with Gasteiger partial charge in [-0.05, 0) is 55.5 Å². The summed E-state index contributed by atoms with van der Waals surface area (Å²) in [6.45, 7) is 1.11. The van der Waals surface area contributed by atoms with Gasteiger partial charge in [0.05, 0.1) is 30.5 Å². The predicted molar refractivity (Wildman–Crippen MR) is 135 cm³/mol. The molecule has 0 aliphatic heterocycles. The monoisotopic (exact) mass is 546 g/mol. The van der Waals surface area contributed by atoms with Crippen LogP contribution in [0, 0.1) is 0 Å². The van der Waals surface area contributed by atoms with Crippen LogP contribution in [-0.4, -0.2) is 44.7 Å². The number of hydrogen-bond acceptors (Lipinski definition) is 7. The van der Waals surface area contributed by atoms with Crippen molar-refractivity contribution in [3.63, 3.8) is 0 Å². The van der Waals surface area contributed by atoms with Crippen LogP contribution in [-0.2, 0) is 20.5 Å². The third kappa shape index (κ3) is 8.38. The molecule has 0 unspecified atom stereocenters. The van der Waals surface area contributed by atoms with Gasteiger partial charge < -0.3 is 29.6 Å². The number of methoxy groups -OCH3 is 1. The van der Waals surface area contributed by atoms with Gasteiger partial charge in [0.2, 0.25) is 0 Å². The van der Waals surface area contributed by atoms with Crippen molar-refractivity contribution in [3.05, 3.63) is 77.9 Å². The summed E-state index contributed by atoms with van der Waals surface area (Å²) in [6, 6.07) is 15.0. The Labute approximate surface area is 221 Å². The molecule has 0 atom stereocenters. The summed E-state index contributed by atoms with van der Waals surface area (Å²) >= 11 is 0. The Morgan fingerprint density at radius 2 is 1.54 bits per heavy atom. The van der Waals surface area contributed by atoms with E-state index in [-0.39, 0.29) is 22.7 Å². The first kappa shape index (κ1) is 28.8. The molecule has 0 saturated heterocycles. The number of alkyl halides is 3. The van der Waals surface area contributed by atoms with E-state index in [0.29, 0.717) is 18.0 Å². The van der Waals surface area contributed by atoms with Crippen LogP contribution in [0.2, 0.25) is 0 Å². The van der Waals surface area contributed by atoms with Crippen LogP contribution in [0.25, 0.3) is 0 Å². The molecule has 0 aromatic heterocycles. The van der Waals surface area contributed by atoms with Crippen molar-refractivity contribution in [1.29, 1.82) is 0 Å². The van der Waals surface area contributed by atoms with Gasteiger partial charge in [-0.25, -0.2) is 4.79 Å². The highest BCUT2D eigenvalue weighted by Gasteiger charge is 2.30. The Morgan fingerprint density at radius 1 is 0.795 bits per heavy atom. The summed E-state index contributed by atoms with van der Waals surface area (Å²) in [5.74, 6) is -1.44. The number of esters is 1. The highest BCUT2D eigenvalue weighted by Crippen LogP contribution is 2.31. The fraction of sp³-hybridized carbons (Fsp3) is 0.222. The summed E-state index contributed by atoms with van der Waals surface area (Å²) in [4.78, 5) is 36.9. The van der Waals surface area contributed by atoms with E-state index < -0.39 is 42.7 Å². The van der Waals surface area contributed by atoms with E-state index in [1.54, 1.807) is 31.2 Å². The molecule has 206 valence electrons. The molecular weight excluding hydrogens is 521 g/mol. The number of rotatable bonds is 11. The SMILES string of the molecule is CCOc1ccccc1NC(=O)COC(=O)c1ccc(OCC(=O)Nc2cccc(C(F)(F)F)c2)c(OC)c1. The molecule has 3 rings (SSSR count). The molecule has 12 heteroatoms. The first-order valence-electron chi connectivity index (χ1n) is 11.6. The van der Waals surface area contributed by atoms with E-state index in [1.165, 1.54) is 37.4 Å². The number of carbonyl (C=O) groups is 3. The molecule has 2 N–H and O–H groups in total. The van der Waals surface area contributed by atoms with Gasteiger partial charge in [-0.15, -0.1) is 0 Å². The van der Waals surface area contributed by atoms with Crippen LogP contribution < -0.4 is 24.8 Å². The third-order valence-electron chi connectivity index (χ3n) is 5.03. The second kappa shape index (κ2) is 13.2. The van der Waals surface area contributed by atoms with Crippen molar-refractivity contribution in [2.45, 2.75) is 13.1 Å². The molecule has 0 aliphatic rings. The molecule has 2 amide bonds. The Morgan fingerprint density at radius 3 is 2.26 bits per heavy atom. The Bertz CT molecular complexity index is 1330. The average molecular weight is 546 g/mol. The molecule has 0 heterocycles. The molecule has 9 nitrogen and oxygen atoms in total. The average Bonchev–Trinajstić information content (AvgIpc) is 2.91. The number of anilines is 2. The van der Waals surface area contributed by atoms with Crippen LogP contribution in [0.1, 0.15) is 22.8 Å². The van der Waals surface area contributed by atoms with Crippen LogP contribution in [0.4, 0.5) is 24.5 Å². The number of halogens is 3. The third-order valence-corrected chi connectivity index (χ3v) is 5.03. The number of carbonyl (C=O) groups excluding carboxylic acids is 3. The van der Waals surface area contributed by atoms with Crippen molar-refractivity contribution in [3.8, 4) is 17.2 Å². The fourth-order valence-corrected chi connectivity index (χ4v) is 3.28. The predicted octanol–water partition coefficient (Wildman–Crippen LogP) is 4.93. The number of para-hydroxylation sites is 2. The molecule has 0 bridgehead atoms. The zero-order chi connectivity index (χ0) is 28.4. The molecule has 39 heavy (non-hydrogen) atoms. The maximum atomic E-state index is 12.9. The fourth-order valence-electron chi connectivity index (χ4n) is 3.28. The van der Waals surface area contributed by atoms with E-state index in [2.05, 4.69) is 10.6 Å². The highest BCUT2D eigenvalue weighted by atomic mass is 19.4. The second-order valence-corrected chi connectivity index (χ2v) is 7.83. The summed E-state index contributed by atoms with van der Waals surface area (Å²) in [5, 5.41) is 4.93. The van der Waals surface area contributed by atoms with Gasteiger partial charge in [0.1, 0.15) is 5.75 Å². The largest absolute Gasteiger partial charge is 0.493 e. The molecule has 0 fully saturated rings. The van der Waals surface area contributed by atoms with E-state index in [9.17, 15) is 27.6 Å². The van der Waals surface area contributed by atoms with Gasteiger partial charge in [0.15, 0.2) is 24.7 Å². The Hall–Kier alpha value is -4.74. The smallest absolute Gasteiger partial charge is 0.416 e. The second-order valence-electron chi connectivity index (χ2n) is 7.83. The van der Waals surface area contributed by atoms with Gasteiger partial charge in [-0.1, -0.05) is 18.2 Å². The Kier molecular flexibility index (Phi) is 9.74. The lowest BCUT2D eigenvalue weighted by Gasteiger charge is -2.13. The van der Waals surface area contributed by atoms with Gasteiger partial charge in [-0.3, -0.25) is 9.59 Å². The number of nitrogens with one attached hydrogen (secondary N) is 2. The van der Waals surface area contributed by atoms with E-state index in [0.717, 1.165) is 12.1 Å². The van der Waals surface area contributed by atoms with Crippen molar-refractivity contribution >= 4 is 29.2 Å². The minimum absolute atomic E-state index is 0.0473. The first-order valence-corrected chi connectivity index (χ1v) is 11.6. The lowest BCUT2D eigenvalue weighted by molar-refractivity contribution is -0.137. The molecule has 3 aromatic carbocycles. The van der Waals surface area contributed by atoms with Gasteiger partial charge in [0, 0.05) is 5.69 Å². The maximum Gasteiger partial charge on any atom is 0.416 e. The normalized spacial score (nSPS) is 10.8. The van der Waals surface area contributed by atoms with E-state index in [4.69, 9.17) is 18.9 Å². The summed E-state index contributed by atoms with van der Waals surface area (Å²) in [6.07, 6.45) is -4.55. The van der Waals surface area contributed by atoms with Crippen molar-refractivity contribution in [2.24, 2.45) is 0 Å². The molecule has 0 saturated carbocycles. The van der Waals surface area contributed by atoms with Crippen LogP contribution in [0.3, 0.4) is 0 Å². The minimum atomic E-state index is -4.55. The van der Waals surface area contributed by atoms with E-state index >= 15 is 0 Å². The molecule has 0 radical (unpaired) electrons. The minimum Gasteiger partial charge on any atom is -0.493 e. The van der Waals surface area contributed by atoms with Crippen molar-refractivity contribution in [1.82, 2.24) is 0 Å². The summed E-state index contributed by atoms with van der Waals surface area (Å²) in [5.41, 5.74) is -0.470. The number of hydrogen-bond donors (Lipinski definition) is 2. The number of benzene rings is 3. The zero-order valence-corrected chi connectivity index (χ0v) is 21.0. The molecular formula is C27H25F3N2O7. The van der Waals surface area contributed by atoms with Crippen molar-refractivity contribution < 1.29 is 46.5 Å². The molecule has 0 aliphatic carbocycles. The quantitative estimate of drug-likeness (QED) is 0.328. The lowest BCUT2D eigenvalue weighted by Crippen LogP contribution is -2.21. The summed E-state index contributed by atoms with van der Waals surface area (Å²) in [7, 11) is 1.31. The van der Waals surface area contributed by atoms with Gasteiger partial charge in [-0.2, -0.15) is 13.2 Å². The first-order chi connectivity index (χ1) is 18.6. The number of ether oxygens (including phenoxy) is 4. The van der Waals surface area contributed by atoms with Gasteiger partial charge in [0.25, 0.3) is 11.8 Å². The zero-order valence-electron chi connectivity index (χ0n) is 21.0. The molecule has 3 aromatic rings. The summed E-state index contributed by atoms with van der Waals surface area (Å²) < 4.78 is 59.7. The highest BCUT2D eigenvalue weighted by molar-refractivity contribution is 5.96. The topological polar surface area (TPSA) is 112 Å². The van der Waals surface area contributed by atoms with Gasteiger partial charge >= 0.3 is 12.1 Å². The van der Waals surface area contributed by atoms with Crippen LogP contribution in [0.5, 0.6) is 17.2 Å².